The molecule has 1 aromatic rings. The molecule has 2 aliphatic carbocycles. The van der Waals surface area contributed by atoms with Gasteiger partial charge in [0.2, 0.25) is 0 Å². The second-order valence-electron chi connectivity index (χ2n) is 6.04. The Hall–Kier alpha value is -2.35. The molecule has 2 atom stereocenters. The fourth-order valence-corrected chi connectivity index (χ4v) is 3.14. The molecule has 3 rings (SSSR count). The number of fused-ring (bicyclic) bond motifs is 1. The minimum absolute atomic E-state index is 0.438. The SMILES string of the molecule is CC1C=CC=C2C(/C=C/c3ccccn3)=CC=C(N(C)C)C21. The monoisotopic (exact) mass is 290 g/mol. The van der Waals surface area contributed by atoms with Crippen LogP contribution in [0.15, 0.2) is 77.7 Å². The molecule has 22 heavy (non-hydrogen) atoms. The van der Waals surface area contributed by atoms with Crippen LogP contribution in [0.25, 0.3) is 6.08 Å². The molecule has 112 valence electrons. The van der Waals surface area contributed by atoms with E-state index in [0.717, 1.165) is 5.69 Å². The van der Waals surface area contributed by atoms with Crippen molar-refractivity contribution in [1.82, 2.24) is 9.88 Å². The van der Waals surface area contributed by atoms with E-state index in [-0.39, 0.29) is 0 Å². The molecule has 0 N–H and O–H groups in total. The van der Waals surface area contributed by atoms with Crippen LogP contribution in [-0.4, -0.2) is 24.0 Å². The van der Waals surface area contributed by atoms with Gasteiger partial charge in [0, 0.05) is 31.9 Å². The third-order valence-electron chi connectivity index (χ3n) is 4.27. The minimum atomic E-state index is 0.438. The quantitative estimate of drug-likeness (QED) is 0.828. The molecule has 0 amide bonds. The Kier molecular flexibility index (Phi) is 4.10. The van der Waals surface area contributed by atoms with Gasteiger partial charge in [-0.2, -0.15) is 0 Å². The van der Waals surface area contributed by atoms with Gasteiger partial charge in [-0.3, -0.25) is 4.98 Å². The molecule has 1 heterocycles. The smallest absolute Gasteiger partial charge is 0.0629 e. The Morgan fingerprint density at radius 2 is 1.95 bits per heavy atom. The maximum absolute atomic E-state index is 4.35. The van der Waals surface area contributed by atoms with Crippen molar-refractivity contribution in [1.29, 1.82) is 0 Å². The van der Waals surface area contributed by atoms with E-state index < -0.39 is 0 Å². The standard InChI is InChI=1S/C20H22N2/c1-15-7-6-9-18-16(10-12-17-8-4-5-14-21-17)11-13-19(20(15)18)22(2)3/h4-15,20H,1-3H3/b12-10+. The number of pyridine rings is 1. The van der Waals surface area contributed by atoms with Crippen molar-refractivity contribution >= 4 is 6.08 Å². The van der Waals surface area contributed by atoms with Crippen LogP contribution in [0.2, 0.25) is 0 Å². The molecule has 0 saturated carbocycles. The average Bonchev–Trinajstić information content (AvgIpc) is 2.53. The summed E-state index contributed by atoms with van der Waals surface area (Å²) < 4.78 is 0. The predicted octanol–water partition coefficient (Wildman–Crippen LogP) is 4.23. The second-order valence-corrected chi connectivity index (χ2v) is 6.04. The Morgan fingerprint density at radius 1 is 1.09 bits per heavy atom. The lowest BCUT2D eigenvalue weighted by atomic mass is 9.75. The Balaban J connectivity index is 1.95. The van der Waals surface area contributed by atoms with Crippen LogP contribution in [0.4, 0.5) is 0 Å². The molecular formula is C20H22N2. The fourth-order valence-electron chi connectivity index (χ4n) is 3.14. The highest BCUT2D eigenvalue weighted by atomic mass is 15.1. The van der Waals surface area contributed by atoms with Gasteiger partial charge in [0.05, 0.1) is 5.69 Å². The van der Waals surface area contributed by atoms with E-state index in [0.29, 0.717) is 11.8 Å². The lowest BCUT2D eigenvalue weighted by Gasteiger charge is -2.36. The minimum Gasteiger partial charge on any atom is -0.380 e. The first-order chi connectivity index (χ1) is 10.7. The van der Waals surface area contributed by atoms with Crippen LogP contribution >= 0.6 is 0 Å². The fraction of sp³-hybridized carbons (Fsp3) is 0.250. The van der Waals surface area contributed by atoms with E-state index in [1.807, 2.05) is 24.4 Å². The van der Waals surface area contributed by atoms with E-state index in [1.54, 1.807) is 0 Å². The van der Waals surface area contributed by atoms with Crippen molar-refractivity contribution in [2.24, 2.45) is 11.8 Å². The summed E-state index contributed by atoms with van der Waals surface area (Å²) in [5, 5.41) is 0. The lowest BCUT2D eigenvalue weighted by Crippen LogP contribution is -2.28. The zero-order chi connectivity index (χ0) is 15.5. The number of hydrogen-bond donors (Lipinski definition) is 0. The van der Waals surface area contributed by atoms with Gasteiger partial charge in [-0.1, -0.05) is 43.4 Å². The predicted molar refractivity (Wildman–Crippen MR) is 93.0 cm³/mol. The van der Waals surface area contributed by atoms with E-state index in [2.05, 4.69) is 73.4 Å². The summed E-state index contributed by atoms with van der Waals surface area (Å²) in [5.74, 6) is 0.953. The van der Waals surface area contributed by atoms with Crippen LogP contribution in [0.5, 0.6) is 0 Å². The van der Waals surface area contributed by atoms with Crippen molar-refractivity contribution in [3.05, 3.63) is 83.4 Å². The van der Waals surface area contributed by atoms with Gasteiger partial charge in [0.1, 0.15) is 0 Å². The van der Waals surface area contributed by atoms with Gasteiger partial charge in [-0.25, -0.2) is 0 Å². The molecule has 0 radical (unpaired) electrons. The van der Waals surface area contributed by atoms with Crippen molar-refractivity contribution in [3.8, 4) is 0 Å². The van der Waals surface area contributed by atoms with Crippen molar-refractivity contribution in [2.45, 2.75) is 6.92 Å². The molecule has 2 nitrogen and oxygen atoms in total. The van der Waals surface area contributed by atoms with Crippen molar-refractivity contribution in [3.63, 3.8) is 0 Å². The van der Waals surface area contributed by atoms with Gasteiger partial charge >= 0.3 is 0 Å². The normalized spacial score (nSPS) is 23.7. The third kappa shape index (κ3) is 2.82. The highest BCUT2D eigenvalue weighted by Crippen LogP contribution is 2.40. The summed E-state index contributed by atoms with van der Waals surface area (Å²) in [5.41, 5.74) is 5.03. The molecule has 0 saturated heterocycles. The number of rotatable bonds is 3. The largest absolute Gasteiger partial charge is 0.380 e. The first kappa shape index (κ1) is 14.6. The van der Waals surface area contributed by atoms with E-state index >= 15 is 0 Å². The zero-order valence-electron chi connectivity index (χ0n) is 13.4. The van der Waals surface area contributed by atoms with Gasteiger partial charge in [-0.15, -0.1) is 0 Å². The van der Waals surface area contributed by atoms with Crippen LogP contribution in [0, 0.1) is 11.8 Å². The van der Waals surface area contributed by atoms with E-state index in [4.69, 9.17) is 0 Å². The Bertz CT molecular complexity index is 688. The van der Waals surface area contributed by atoms with Gasteiger partial charge in [0.25, 0.3) is 0 Å². The number of hydrogen-bond acceptors (Lipinski definition) is 2. The first-order valence-corrected chi connectivity index (χ1v) is 7.74. The molecule has 1 aromatic heterocycles. The molecule has 0 spiro atoms. The Labute approximate surface area is 132 Å². The molecule has 0 aliphatic heterocycles. The molecular weight excluding hydrogens is 268 g/mol. The second kappa shape index (κ2) is 6.18. The maximum Gasteiger partial charge on any atom is 0.0629 e. The number of allylic oxidation sites excluding steroid dienone is 8. The summed E-state index contributed by atoms with van der Waals surface area (Å²) in [6.45, 7) is 2.29. The van der Waals surface area contributed by atoms with E-state index in [1.165, 1.54) is 16.8 Å². The number of aromatic nitrogens is 1. The average molecular weight is 290 g/mol. The highest BCUT2D eigenvalue weighted by Gasteiger charge is 2.30. The highest BCUT2D eigenvalue weighted by molar-refractivity contribution is 5.59. The van der Waals surface area contributed by atoms with E-state index in [9.17, 15) is 0 Å². The van der Waals surface area contributed by atoms with Crippen LogP contribution in [0.1, 0.15) is 12.6 Å². The van der Waals surface area contributed by atoms with Crippen molar-refractivity contribution < 1.29 is 0 Å². The molecule has 2 aliphatic rings. The van der Waals surface area contributed by atoms with Crippen molar-refractivity contribution in [2.75, 3.05) is 14.1 Å². The molecule has 0 fully saturated rings. The maximum atomic E-state index is 4.35. The third-order valence-corrected chi connectivity index (χ3v) is 4.27. The topological polar surface area (TPSA) is 16.1 Å². The summed E-state index contributed by atoms with van der Waals surface area (Å²) in [6, 6.07) is 5.98. The summed E-state index contributed by atoms with van der Waals surface area (Å²) in [4.78, 5) is 6.58. The summed E-state index contributed by atoms with van der Waals surface area (Å²) in [6.07, 6.45) is 17.3. The van der Waals surface area contributed by atoms with Gasteiger partial charge in [0.15, 0.2) is 0 Å². The summed E-state index contributed by atoms with van der Waals surface area (Å²) >= 11 is 0. The first-order valence-electron chi connectivity index (χ1n) is 7.74. The van der Waals surface area contributed by atoms with Crippen LogP contribution in [0.3, 0.4) is 0 Å². The van der Waals surface area contributed by atoms with Gasteiger partial charge < -0.3 is 4.90 Å². The zero-order valence-corrected chi connectivity index (χ0v) is 13.4. The van der Waals surface area contributed by atoms with Gasteiger partial charge in [-0.05, 0) is 41.3 Å². The molecule has 0 bridgehead atoms. The molecule has 2 unspecified atom stereocenters. The summed E-state index contributed by atoms with van der Waals surface area (Å²) in [7, 11) is 4.24. The van der Waals surface area contributed by atoms with Crippen LogP contribution in [-0.2, 0) is 0 Å². The molecule has 2 heteroatoms. The lowest BCUT2D eigenvalue weighted by molar-refractivity contribution is 0.398. The Morgan fingerprint density at radius 3 is 2.68 bits per heavy atom. The number of nitrogens with zero attached hydrogens (tertiary/aromatic N) is 2. The molecule has 0 aromatic carbocycles. The van der Waals surface area contributed by atoms with Crippen LogP contribution < -0.4 is 0 Å².